The number of rotatable bonds is 9. The smallest absolute Gasteiger partial charge is 0.335 e. The first kappa shape index (κ1) is 28.0. The molecule has 2 unspecified atom stereocenters. The molecule has 3 aromatic rings. The fourth-order valence-electron chi connectivity index (χ4n) is 3.87. The van der Waals surface area contributed by atoms with Crippen molar-refractivity contribution in [3.8, 4) is 17.4 Å². The molecule has 15 heteroatoms. The second-order valence-corrected chi connectivity index (χ2v) is 9.54. The highest BCUT2D eigenvalue weighted by molar-refractivity contribution is 8.15. The van der Waals surface area contributed by atoms with E-state index in [1.54, 1.807) is 12.1 Å². The molecule has 0 spiro atoms. The molecule has 2 atom stereocenters. The Bertz CT molecular complexity index is 1610. The third kappa shape index (κ3) is 6.15. The molecule has 0 radical (unpaired) electrons. The number of ether oxygens (including phenoxy) is 2. The topological polar surface area (TPSA) is 212 Å². The highest BCUT2D eigenvalue weighted by Gasteiger charge is 2.34. The van der Waals surface area contributed by atoms with E-state index in [-0.39, 0.29) is 34.0 Å². The van der Waals surface area contributed by atoms with Gasteiger partial charge < -0.3 is 30.3 Å². The Hall–Kier alpha value is -5.05. The summed E-state index contributed by atoms with van der Waals surface area (Å²) in [5.41, 5.74) is -1.48. The van der Waals surface area contributed by atoms with Gasteiger partial charge >= 0.3 is 11.7 Å². The molecule has 40 heavy (non-hydrogen) atoms. The average Bonchev–Trinajstić information content (AvgIpc) is 3.25. The third-order valence-corrected chi connectivity index (χ3v) is 6.87. The van der Waals surface area contributed by atoms with Crippen LogP contribution in [0.1, 0.15) is 33.9 Å². The van der Waals surface area contributed by atoms with Crippen molar-refractivity contribution in [3.05, 3.63) is 80.0 Å². The van der Waals surface area contributed by atoms with Gasteiger partial charge in [-0.1, -0.05) is 11.8 Å². The summed E-state index contributed by atoms with van der Waals surface area (Å²) in [4.78, 5) is 69.4. The van der Waals surface area contributed by atoms with Crippen molar-refractivity contribution >= 4 is 40.4 Å². The van der Waals surface area contributed by atoms with Crippen molar-refractivity contribution < 1.29 is 34.1 Å². The van der Waals surface area contributed by atoms with E-state index in [4.69, 9.17) is 14.6 Å². The van der Waals surface area contributed by atoms with Crippen LogP contribution in [0, 0.1) is 0 Å². The molecule has 0 bridgehead atoms. The quantitative estimate of drug-likeness (QED) is 0.217. The number of methoxy groups -OCH3 is 2. The van der Waals surface area contributed by atoms with Crippen molar-refractivity contribution in [2.75, 3.05) is 19.5 Å². The zero-order chi connectivity index (χ0) is 29.0. The van der Waals surface area contributed by atoms with Crippen LogP contribution >= 0.6 is 11.8 Å². The molecule has 1 saturated heterocycles. The summed E-state index contributed by atoms with van der Waals surface area (Å²) in [5.74, 6) is -2.19. The lowest BCUT2D eigenvalue weighted by atomic mass is 9.99. The van der Waals surface area contributed by atoms with Crippen LogP contribution in [0.3, 0.4) is 0 Å². The van der Waals surface area contributed by atoms with Crippen molar-refractivity contribution in [2.24, 2.45) is 4.99 Å². The number of aliphatic imine (C=N–C) groups is 1. The molecule has 0 saturated carbocycles. The second-order valence-electron chi connectivity index (χ2n) is 8.35. The van der Waals surface area contributed by atoms with Crippen LogP contribution in [0.25, 0.3) is 0 Å². The molecule has 6 N–H and O–H groups in total. The fourth-order valence-corrected chi connectivity index (χ4v) is 4.87. The lowest BCUT2D eigenvalue weighted by Gasteiger charge is -2.18. The molecule has 4 rings (SSSR count). The number of hydrogen-bond donors (Lipinski definition) is 6. The maximum Gasteiger partial charge on any atom is 0.335 e. The number of thioether (sulfide) groups is 1. The number of anilines is 1. The van der Waals surface area contributed by atoms with Crippen molar-refractivity contribution in [2.45, 2.75) is 17.7 Å². The molecule has 1 aromatic heterocycles. The molecule has 1 aliphatic heterocycles. The summed E-state index contributed by atoms with van der Waals surface area (Å²) in [5, 5.41) is 23.8. The van der Waals surface area contributed by atoms with Gasteiger partial charge in [0, 0.05) is 17.7 Å². The fraction of sp³-hybridized carbons (Fsp3) is 0.200. The highest BCUT2D eigenvalue weighted by atomic mass is 32.2. The maximum atomic E-state index is 12.8. The van der Waals surface area contributed by atoms with Gasteiger partial charge in [0.2, 0.25) is 17.7 Å². The summed E-state index contributed by atoms with van der Waals surface area (Å²) in [6.07, 6.45) is -0.242. The minimum absolute atomic E-state index is 0.0495. The number of nitrogens with zero attached hydrogens (tertiary/aromatic N) is 1. The minimum atomic E-state index is -1.27. The first-order valence-electron chi connectivity index (χ1n) is 11.6. The van der Waals surface area contributed by atoms with Gasteiger partial charge in [0.05, 0.1) is 19.8 Å². The van der Waals surface area contributed by atoms with Gasteiger partial charge in [-0.05, 0) is 42.5 Å². The molecule has 0 aliphatic carbocycles. The summed E-state index contributed by atoms with van der Waals surface area (Å²) < 4.78 is 10.7. The van der Waals surface area contributed by atoms with E-state index in [1.165, 1.54) is 44.6 Å². The van der Waals surface area contributed by atoms with Crippen LogP contribution in [-0.4, -0.2) is 62.6 Å². The normalized spacial score (nSPS) is 16.3. The number of amidine groups is 1. The molecule has 2 heterocycles. The lowest BCUT2D eigenvalue weighted by molar-refractivity contribution is -0.122. The van der Waals surface area contributed by atoms with Gasteiger partial charge in [-0.2, -0.15) is 0 Å². The molecular weight excluding hydrogens is 546 g/mol. The number of carboxylic acid groups (broad SMARTS) is 1. The third-order valence-electron chi connectivity index (χ3n) is 5.77. The van der Waals surface area contributed by atoms with Crippen LogP contribution in [0.4, 0.5) is 5.69 Å². The number of aromatic amines is 2. The van der Waals surface area contributed by atoms with E-state index in [9.17, 15) is 29.1 Å². The molecule has 2 amide bonds. The highest BCUT2D eigenvalue weighted by Crippen LogP contribution is 2.38. The summed E-state index contributed by atoms with van der Waals surface area (Å²) in [6.45, 7) is 0. The standard InChI is InChI=1S/C25H23N5O9S/c1-38-13-7-8-15(39-2)14(9-13)19(18-21(33)28-24(37)29-22(18)34)27-25-30-20(32)16(40-25)10-17(31)26-12-5-3-11(4-6-12)23(35)36/h3-9,16,19H,10H2,1-2H3,(H,26,31)(H,35,36)(H,27,30,32)(H3,28,29,33,34,37). The predicted molar refractivity (Wildman–Crippen MR) is 144 cm³/mol. The van der Waals surface area contributed by atoms with Gasteiger partial charge in [-0.3, -0.25) is 24.4 Å². The van der Waals surface area contributed by atoms with Crippen molar-refractivity contribution in [1.29, 1.82) is 0 Å². The number of nitrogens with one attached hydrogen (secondary N) is 4. The molecular formula is C25H23N5O9S. The lowest BCUT2D eigenvalue weighted by Crippen LogP contribution is -2.29. The van der Waals surface area contributed by atoms with Gasteiger partial charge in [-0.25, -0.2) is 14.6 Å². The Morgan fingerprint density at radius 1 is 1.07 bits per heavy atom. The summed E-state index contributed by atoms with van der Waals surface area (Å²) in [6, 6.07) is 8.95. The van der Waals surface area contributed by atoms with Crippen molar-refractivity contribution in [3.63, 3.8) is 0 Å². The Morgan fingerprint density at radius 3 is 2.42 bits per heavy atom. The van der Waals surface area contributed by atoms with Gasteiger partial charge in [0.25, 0.3) is 5.56 Å². The van der Waals surface area contributed by atoms with Gasteiger partial charge in [-0.15, -0.1) is 0 Å². The number of aromatic carboxylic acids is 1. The summed E-state index contributed by atoms with van der Waals surface area (Å²) >= 11 is 0.933. The van der Waals surface area contributed by atoms with Crippen LogP contribution < -0.4 is 31.4 Å². The SMILES string of the molecule is COc1ccc(OC)c(C(N=C2NC(=O)C(CC(=O)Nc3ccc(C(=O)O)cc3)S2)c2c(O)[nH]c(=O)[nH]c2=O)c1. The zero-order valence-corrected chi connectivity index (χ0v) is 21.8. The monoisotopic (exact) mass is 569 g/mol. The minimum Gasteiger partial charge on any atom is -0.497 e. The molecule has 1 aliphatic rings. The largest absolute Gasteiger partial charge is 0.497 e. The van der Waals surface area contributed by atoms with Gasteiger partial charge in [0.15, 0.2) is 5.17 Å². The van der Waals surface area contributed by atoms with Crippen LogP contribution in [0.2, 0.25) is 0 Å². The van der Waals surface area contributed by atoms with E-state index in [0.29, 0.717) is 11.4 Å². The number of aromatic nitrogens is 2. The van der Waals surface area contributed by atoms with E-state index in [0.717, 1.165) is 11.8 Å². The average molecular weight is 570 g/mol. The molecule has 208 valence electrons. The van der Waals surface area contributed by atoms with Crippen LogP contribution in [0.15, 0.2) is 57.0 Å². The predicted octanol–water partition coefficient (Wildman–Crippen LogP) is 1.19. The number of aromatic hydroxyl groups is 1. The van der Waals surface area contributed by atoms with E-state index in [1.807, 2.05) is 4.98 Å². The van der Waals surface area contributed by atoms with Crippen LogP contribution in [0.5, 0.6) is 17.4 Å². The maximum absolute atomic E-state index is 12.8. The number of H-pyrrole nitrogens is 2. The zero-order valence-electron chi connectivity index (χ0n) is 21.0. The first-order chi connectivity index (χ1) is 19.1. The Morgan fingerprint density at radius 2 is 1.80 bits per heavy atom. The number of carbonyl (C=O) groups is 3. The van der Waals surface area contributed by atoms with Crippen LogP contribution in [-0.2, 0) is 9.59 Å². The molecule has 14 nitrogen and oxygen atoms in total. The number of hydrogen-bond acceptors (Lipinski definition) is 10. The molecule has 2 aromatic carbocycles. The van der Waals surface area contributed by atoms with E-state index < -0.39 is 46.2 Å². The number of amides is 2. The second kappa shape index (κ2) is 11.8. The van der Waals surface area contributed by atoms with E-state index >= 15 is 0 Å². The Labute approximate surface area is 229 Å². The Kier molecular flexibility index (Phi) is 8.23. The number of carbonyl (C=O) groups excluding carboxylic acids is 2. The first-order valence-corrected chi connectivity index (χ1v) is 12.4. The van der Waals surface area contributed by atoms with Crippen molar-refractivity contribution in [1.82, 2.24) is 15.3 Å². The number of carboxylic acids is 1. The van der Waals surface area contributed by atoms with E-state index in [2.05, 4.69) is 20.6 Å². The van der Waals surface area contributed by atoms with Gasteiger partial charge in [0.1, 0.15) is 28.4 Å². The Balaban J connectivity index is 1.63. The molecule has 1 fully saturated rings. The number of benzene rings is 2. The summed E-state index contributed by atoms with van der Waals surface area (Å²) in [7, 11) is 2.82.